The third-order valence-corrected chi connectivity index (χ3v) is 7.37. The lowest BCUT2D eigenvalue weighted by atomic mass is 9.94. The van der Waals surface area contributed by atoms with Gasteiger partial charge in [0.25, 0.3) is 5.91 Å². The zero-order chi connectivity index (χ0) is 26.6. The van der Waals surface area contributed by atoms with Gasteiger partial charge in [0, 0.05) is 38.0 Å². The summed E-state index contributed by atoms with van der Waals surface area (Å²) < 4.78 is 41.8. The summed E-state index contributed by atoms with van der Waals surface area (Å²) >= 11 is 1.66. The predicted molar refractivity (Wildman–Crippen MR) is 133 cm³/mol. The highest BCUT2D eigenvalue weighted by Crippen LogP contribution is 2.35. The molecular formula is C26H27F3N4O3S. The van der Waals surface area contributed by atoms with Crippen LogP contribution in [0.15, 0.2) is 48.5 Å². The molecule has 2 saturated heterocycles. The van der Waals surface area contributed by atoms with Crippen LogP contribution in [0.4, 0.5) is 13.2 Å². The van der Waals surface area contributed by atoms with E-state index < -0.39 is 17.8 Å². The number of benzene rings is 2. The van der Waals surface area contributed by atoms with E-state index in [-0.39, 0.29) is 23.4 Å². The molecule has 37 heavy (non-hydrogen) atoms. The summed E-state index contributed by atoms with van der Waals surface area (Å²) in [5.41, 5.74) is 0.818. The van der Waals surface area contributed by atoms with E-state index in [1.54, 1.807) is 34.9 Å². The number of thioether (sulfide) groups is 1. The molecule has 0 aliphatic carbocycles. The fourth-order valence-corrected chi connectivity index (χ4v) is 5.42. The molecule has 2 amide bonds. The number of nitriles is 1. The number of ether oxygens (including phenoxy) is 1. The average Bonchev–Trinajstić information content (AvgIpc) is 3.12. The third kappa shape index (κ3) is 6.19. The third-order valence-electron chi connectivity index (χ3n) is 6.72. The number of amides is 2. The second kappa shape index (κ2) is 11.0. The van der Waals surface area contributed by atoms with Crippen LogP contribution in [0.25, 0.3) is 0 Å². The highest BCUT2D eigenvalue weighted by Gasteiger charge is 2.51. The first-order valence-corrected chi connectivity index (χ1v) is 13.3. The Hall–Kier alpha value is -3.23. The first kappa shape index (κ1) is 26.8. The van der Waals surface area contributed by atoms with Gasteiger partial charge in [-0.1, -0.05) is 18.2 Å². The van der Waals surface area contributed by atoms with E-state index in [9.17, 15) is 28.0 Å². The summed E-state index contributed by atoms with van der Waals surface area (Å²) in [6, 6.07) is 14.0. The van der Waals surface area contributed by atoms with Crippen molar-refractivity contribution in [1.82, 2.24) is 15.1 Å². The number of halogens is 3. The molecule has 0 aromatic heterocycles. The summed E-state index contributed by atoms with van der Waals surface area (Å²) in [6.07, 6.45) is -1.25. The molecule has 0 radical (unpaired) electrons. The van der Waals surface area contributed by atoms with Crippen LogP contribution in [0.1, 0.15) is 40.7 Å². The van der Waals surface area contributed by atoms with E-state index in [0.717, 1.165) is 23.4 Å². The molecule has 2 fully saturated rings. The van der Waals surface area contributed by atoms with Gasteiger partial charge in [-0.2, -0.15) is 17.0 Å². The molecule has 2 aromatic rings. The van der Waals surface area contributed by atoms with Crippen molar-refractivity contribution in [3.8, 4) is 11.8 Å². The molecule has 11 heteroatoms. The summed E-state index contributed by atoms with van der Waals surface area (Å²) in [4.78, 5) is 29.9. The summed E-state index contributed by atoms with van der Waals surface area (Å²) in [5.74, 6) is -0.0254. The first-order valence-electron chi connectivity index (χ1n) is 11.9. The zero-order valence-corrected chi connectivity index (χ0v) is 21.1. The zero-order valence-electron chi connectivity index (χ0n) is 20.3. The van der Waals surface area contributed by atoms with Crippen LogP contribution in [-0.4, -0.2) is 64.8 Å². The van der Waals surface area contributed by atoms with Crippen LogP contribution in [-0.2, 0) is 11.3 Å². The van der Waals surface area contributed by atoms with Gasteiger partial charge in [-0.3, -0.25) is 14.9 Å². The smallest absolute Gasteiger partial charge is 0.406 e. The van der Waals surface area contributed by atoms with Crippen LogP contribution >= 0.6 is 11.8 Å². The van der Waals surface area contributed by atoms with Crippen molar-refractivity contribution in [2.45, 2.75) is 43.9 Å². The maximum absolute atomic E-state index is 13.4. The fourth-order valence-electron chi connectivity index (χ4n) is 4.95. The van der Waals surface area contributed by atoms with Crippen LogP contribution in [0.2, 0.25) is 0 Å². The van der Waals surface area contributed by atoms with Crippen molar-refractivity contribution >= 4 is 23.6 Å². The number of carbonyl (C=O) groups is 2. The van der Waals surface area contributed by atoms with Crippen LogP contribution in [0.3, 0.4) is 0 Å². The van der Waals surface area contributed by atoms with Crippen LogP contribution in [0, 0.1) is 11.3 Å². The van der Waals surface area contributed by atoms with Crippen molar-refractivity contribution in [3.63, 3.8) is 0 Å². The molecule has 2 aromatic carbocycles. The normalized spacial score (nSPS) is 19.2. The van der Waals surface area contributed by atoms with E-state index >= 15 is 0 Å². The SMILES string of the molecule is CSCCC1NC2(CCN(C(=O)c3cccc(OC(F)(F)F)c3)CC2)N(Cc2cccc(C#N)c2)C1=O. The number of piperidine rings is 1. The Balaban J connectivity index is 1.50. The van der Waals surface area contributed by atoms with Gasteiger partial charge in [0.05, 0.1) is 23.3 Å². The summed E-state index contributed by atoms with van der Waals surface area (Å²) in [6.45, 7) is 0.989. The topological polar surface area (TPSA) is 85.7 Å². The van der Waals surface area contributed by atoms with E-state index in [1.165, 1.54) is 12.1 Å². The highest BCUT2D eigenvalue weighted by molar-refractivity contribution is 7.98. The van der Waals surface area contributed by atoms with Crippen molar-refractivity contribution < 1.29 is 27.5 Å². The molecule has 1 spiro atoms. The van der Waals surface area contributed by atoms with E-state index in [0.29, 0.717) is 44.5 Å². The van der Waals surface area contributed by atoms with Gasteiger partial charge in [0.1, 0.15) is 5.75 Å². The Morgan fingerprint density at radius 1 is 1.22 bits per heavy atom. The molecule has 1 N–H and O–H groups in total. The lowest BCUT2D eigenvalue weighted by Crippen LogP contribution is -2.59. The molecule has 196 valence electrons. The van der Waals surface area contributed by atoms with Crippen LogP contribution in [0.5, 0.6) is 5.75 Å². The van der Waals surface area contributed by atoms with Crippen molar-refractivity contribution in [2.75, 3.05) is 25.1 Å². The molecule has 2 aliphatic heterocycles. The lowest BCUT2D eigenvalue weighted by molar-refractivity contribution is -0.274. The fraction of sp³-hybridized carbons (Fsp3) is 0.423. The largest absolute Gasteiger partial charge is 0.573 e. The molecule has 1 unspecified atom stereocenters. The number of nitrogens with one attached hydrogen (secondary N) is 1. The Morgan fingerprint density at radius 2 is 1.95 bits per heavy atom. The van der Waals surface area contributed by atoms with Crippen molar-refractivity contribution in [1.29, 1.82) is 5.26 Å². The molecule has 7 nitrogen and oxygen atoms in total. The summed E-state index contributed by atoms with van der Waals surface area (Å²) in [7, 11) is 0. The molecule has 2 aliphatic rings. The van der Waals surface area contributed by atoms with Crippen molar-refractivity contribution in [2.24, 2.45) is 0 Å². The minimum Gasteiger partial charge on any atom is -0.406 e. The number of nitrogens with zero attached hydrogens (tertiary/aromatic N) is 3. The Morgan fingerprint density at radius 3 is 2.62 bits per heavy atom. The van der Waals surface area contributed by atoms with Gasteiger partial charge < -0.3 is 14.5 Å². The molecular weight excluding hydrogens is 505 g/mol. The number of likely N-dealkylation sites (tertiary alicyclic amines) is 1. The van der Waals surface area contributed by atoms with Gasteiger partial charge in [-0.05, 0) is 54.3 Å². The molecule has 1 atom stereocenters. The number of alkyl halides is 3. The van der Waals surface area contributed by atoms with Gasteiger partial charge in [-0.15, -0.1) is 13.2 Å². The number of hydrogen-bond donors (Lipinski definition) is 1. The number of rotatable bonds is 7. The summed E-state index contributed by atoms with van der Waals surface area (Å²) in [5, 5.41) is 12.8. The Labute approximate surface area is 217 Å². The Bertz CT molecular complexity index is 1190. The minimum atomic E-state index is -4.84. The van der Waals surface area contributed by atoms with Gasteiger partial charge >= 0.3 is 6.36 Å². The predicted octanol–water partition coefficient (Wildman–Crippen LogP) is 4.14. The minimum absolute atomic E-state index is 0.00631. The second-order valence-corrected chi connectivity index (χ2v) is 10.1. The van der Waals surface area contributed by atoms with E-state index in [2.05, 4.69) is 16.1 Å². The molecule has 4 rings (SSSR count). The Kier molecular flexibility index (Phi) is 7.99. The number of hydrogen-bond acceptors (Lipinski definition) is 6. The van der Waals surface area contributed by atoms with Gasteiger partial charge in [0.15, 0.2) is 0 Å². The maximum atomic E-state index is 13.4. The molecule has 0 bridgehead atoms. The standard InChI is InChI=1S/C26H27F3N4O3S/c1-37-13-8-22-24(35)33(17-19-5-2-4-18(14-19)16-30)25(31-22)9-11-32(12-10-25)23(34)20-6-3-7-21(15-20)36-26(27,28)29/h2-7,14-15,22,31H,8-13,17H2,1H3. The van der Waals surface area contributed by atoms with Crippen molar-refractivity contribution in [3.05, 3.63) is 65.2 Å². The van der Waals surface area contributed by atoms with E-state index in [4.69, 9.17) is 0 Å². The monoisotopic (exact) mass is 532 g/mol. The quantitative estimate of drug-likeness (QED) is 0.577. The van der Waals surface area contributed by atoms with Gasteiger partial charge in [0.2, 0.25) is 5.91 Å². The molecule has 2 heterocycles. The van der Waals surface area contributed by atoms with E-state index in [1.807, 2.05) is 17.2 Å². The maximum Gasteiger partial charge on any atom is 0.573 e. The number of carbonyl (C=O) groups excluding carboxylic acids is 2. The first-order chi connectivity index (χ1) is 17.6. The lowest BCUT2D eigenvalue weighted by Gasteiger charge is -2.44. The highest BCUT2D eigenvalue weighted by atomic mass is 32.2. The van der Waals surface area contributed by atoms with Gasteiger partial charge in [-0.25, -0.2) is 0 Å². The second-order valence-electron chi connectivity index (χ2n) is 9.11. The average molecular weight is 533 g/mol. The molecule has 0 saturated carbocycles. The van der Waals surface area contributed by atoms with Crippen LogP contribution < -0.4 is 10.1 Å².